The molecule has 0 fully saturated rings. The molecule has 12 heavy (non-hydrogen) atoms. The van der Waals surface area contributed by atoms with Crippen LogP contribution in [0, 0.1) is 0 Å². The second-order valence-electron chi connectivity index (χ2n) is 1.91. The molecule has 0 saturated heterocycles. The number of oxime groups is 1. The van der Waals surface area contributed by atoms with Crippen LogP contribution in [0.15, 0.2) is 5.16 Å². The van der Waals surface area contributed by atoms with E-state index in [-0.39, 0.29) is 0 Å². The van der Waals surface area contributed by atoms with Crippen LogP contribution in [0.4, 0.5) is 13.2 Å². The molecule has 0 aliphatic carbocycles. The minimum atomic E-state index is -4.53. The normalized spacial score (nSPS) is 12.8. The molecule has 0 bridgehead atoms. The Morgan fingerprint density at radius 1 is 1.58 bits per heavy atom. The number of nitrogens with zero attached hydrogens (tertiary/aromatic N) is 1. The van der Waals surface area contributed by atoms with Gasteiger partial charge in [-0.05, 0) is 6.92 Å². The third-order valence-corrected chi connectivity index (χ3v) is 0.819. The van der Waals surface area contributed by atoms with Crippen LogP contribution in [-0.2, 0) is 9.63 Å². The van der Waals surface area contributed by atoms with Gasteiger partial charge in [0.25, 0.3) is 5.91 Å². The smallest absolute Gasteiger partial charge is 0.385 e. The van der Waals surface area contributed by atoms with E-state index in [1.54, 1.807) is 0 Å². The summed E-state index contributed by atoms with van der Waals surface area (Å²) in [5, 5.41) is 2.63. The Bertz CT molecular complexity index is 199. The van der Waals surface area contributed by atoms with Crippen molar-refractivity contribution in [3.8, 4) is 0 Å². The van der Waals surface area contributed by atoms with Crippen LogP contribution in [0.1, 0.15) is 6.92 Å². The molecule has 0 atom stereocenters. The fourth-order valence-electron chi connectivity index (χ4n) is 0.244. The molecule has 0 rings (SSSR count). The maximum Gasteiger partial charge on any atom is 0.432 e. The zero-order valence-electron chi connectivity index (χ0n) is 6.18. The van der Waals surface area contributed by atoms with E-state index in [0.29, 0.717) is 0 Å². The van der Waals surface area contributed by atoms with Crippen LogP contribution in [0.3, 0.4) is 0 Å². The fourth-order valence-corrected chi connectivity index (χ4v) is 0.244. The fraction of sp³-hybridized carbons (Fsp3) is 0.600. The van der Waals surface area contributed by atoms with Gasteiger partial charge >= 0.3 is 6.18 Å². The summed E-state index contributed by atoms with van der Waals surface area (Å²) in [7, 11) is 0. The molecule has 0 aromatic rings. The van der Waals surface area contributed by atoms with Crippen molar-refractivity contribution in [1.82, 2.24) is 0 Å². The van der Waals surface area contributed by atoms with E-state index in [1.807, 2.05) is 0 Å². The van der Waals surface area contributed by atoms with E-state index >= 15 is 0 Å². The van der Waals surface area contributed by atoms with Crippen molar-refractivity contribution in [1.29, 1.82) is 0 Å². The standard InChI is InChI=1S/C5H7F3N2O2/c1-3(5(6,7)8)10-12-2-4(9)11/h2H2,1H3,(H2,9,11)/b10-3+. The highest BCUT2D eigenvalue weighted by Crippen LogP contribution is 2.16. The quantitative estimate of drug-likeness (QED) is 0.510. The van der Waals surface area contributed by atoms with Gasteiger partial charge in [0, 0.05) is 0 Å². The molecule has 0 aromatic heterocycles. The molecule has 0 unspecified atom stereocenters. The summed E-state index contributed by atoms with van der Waals surface area (Å²) < 4.78 is 34.9. The second kappa shape index (κ2) is 3.93. The maximum absolute atomic E-state index is 11.6. The molecule has 1 amide bonds. The number of hydrogen-bond acceptors (Lipinski definition) is 3. The van der Waals surface area contributed by atoms with Crippen LogP contribution in [0.25, 0.3) is 0 Å². The molecule has 0 heterocycles. The lowest BCUT2D eigenvalue weighted by molar-refractivity contribution is -0.122. The average molecular weight is 184 g/mol. The molecule has 7 heteroatoms. The highest BCUT2D eigenvalue weighted by atomic mass is 19.4. The van der Waals surface area contributed by atoms with Gasteiger partial charge in [0.1, 0.15) is 0 Å². The van der Waals surface area contributed by atoms with Crippen molar-refractivity contribution < 1.29 is 22.8 Å². The first-order valence-corrected chi connectivity index (χ1v) is 2.86. The van der Waals surface area contributed by atoms with Gasteiger partial charge in [-0.25, -0.2) is 0 Å². The zero-order valence-corrected chi connectivity index (χ0v) is 6.18. The monoisotopic (exact) mass is 184 g/mol. The van der Waals surface area contributed by atoms with Crippen molar-refractivity contribution >= 4 is 11.6 Å². The van der Waals surface area contributed by atoms with E-state index < -0.39 is 24.4 Å². The van der Waals surface area contributed by atoms with Crippen molar-refractivity contribution in [2.75, 3.05) is 6.61 Å². The van der Waals surface area contributed by atoms with Crippen LogP contribution in [0.2, 0.25) is 0 Å². The Morgan fingerprint density at radius 2 is 2.08 bits per heavy atom. The van der Waals surface area contributed by atoms with Crippen molar-refractivity contribution in [3.63, 3.8) is 0 Å². The predicted octanol–water partition coefficient (Wildman–Crippen LogP) is 0.426. The highest BCUT2D eigenvalue weighted by molar-refractivity contribution is 5.86. The number of halogens is 3. The molecule has 0 aliphatic rings. The lowest BCUT2D eigenvalue weighted by Crippen LogP contribution is -2.21. The SMILES string of the molecule is C/C(=N\OCC(N)=O)C(F)(F)F. The first-order chi connectivity index (χ1) is 5.34. The summed E-state index contributed by atoms with van der Waals surface area (Å²) in [5.74, 6) is -0.881. The Balaban J connectivity index is 3.94. The number of carbonyl (C=O) groups excluding carboxylic acids is 1. The van der Waals surface area contributed by atoms with Crippen LogP contribution in [-0.4, -0.2) is 24.4 Å². The van der Waals surface area contributed by atoms with Crippen LogP contribution in [0.5, 0.6) is 0 Å². The van der Waals surface area contributed by atoms with Gasteiger partial charge in [0.05, 0.1) is 0 Å². The summed E-state index contributed by atoms with van der Waals surface area (Å²) >= 11 is 0. The van der Waals surface area contributed by atoms with Crippen molar-refractivity contribution in [2.24, 2.45) is 10.9 Å². The van der Waals surface area contributed by atoms with Gasteiger partial charge in [-0.3, -0.25) is 4.79 Å². The maximum atomic E-state index is 11.6. The third kappa shape index (κ3) is 4.53. The highest BCUT2D eigenvalue weighted by Gasteiger charge is 2.32. The van der Waals surface area contributed by atoms with Gasteiger partial charge in [-0.1, -0.05) is 5.16 Å². The Labute approximate surface area is 66.2 Å². The van der Waals surface area contributed by atoms with Crippen molar-refractivity contribution in [2.45, 2.75) is 13.1 Å². The summed E-state index contributed by atoms with van der Waals surface area (Å²) in [4.78, 5) is 14.0. The van der Waals surface area contributed by atoms with Gasteiger partial charge in [-0.15, -0.1) is 0 Å². The molecule has 0 aliphatic heterocycles. The van der Waals surface area contributed by atoms with Gasteiger partial charge in [0.15, 0.2) is 12.3 Å². The number of hydrogen-bond donors (Lipinski definition) is 1. The summed E-state index contributed by atoms with van der Waals surface area (Å²) in [6.45, 7) is 0.0639. The van der Waals surface area contributed by atoms with E-state index in [2.05, 4.69) is 15.7 Å². The molecular formula is C5H7F3N2O2. The number of nitrogens with two attached hydrogens (primary N) is 1. The van der Waals surface area contributed by atoms with Crippen LogP contribution < -0.4 is 5.73 Å². The Morgan fingerprint density at radius 3 is 2.42 bits per heavy atom. The number of primary amides is 1. The minimum absolute atomic E-state index is 0.659. The molecule has 0 spiro atoms. The Hall–Kier alpha value is -1.27. The largest absolute Gasteiger partial charge is 0.432 e. The second-order valence-corrected chi connectivity index (χ2v) is 1.91. The molecule has 0 aromatic carbocycles. The molecule has 2 N–H and O–H groups in total. The van der Waals surface area contributed by atoms with E-state index in [1.165, 1.54) is 0 Å². The number of alkyl halides is 3. The number of amides is 1. The zero-order chi connectivity index (χ0) is 9.78. The van der Waals surface area contributed by atoms with Gasteiger partial charge < -0.3 is 10.6 Å². The third-order valence-electron chi connectivity index (χ3n) is 0.819. The Kier molecular flexibility index (Phi) is 3.52. The summed E-state index contributed by atoms with van der Waals surface area (Å²) in [6.07, 6.45) is -4.53. The molecule has 0 saturated carbocycles. The average Bonchev–Trinajstić information content (AvgIpc) is 1.84. The molecule has 0 radical (unpaired) electrons. The van der Waals surface area contributed by atoms with Crippen molar-refractivity contribution in [3.05, 3.63) is 0 Å². The van der Waals surface area contributed by atoms with E-state index in [0.717, 1.165) is 6.92 Å². The number of rotatable bonds is 3. The lowest BCUT2D eigenvalue weighted by Gasteiger charge is -2.03. The van der Waals surface area contributed by atoms with Gasteiger partial charge in [-0.2, -0.15) is 13.2 Å². The summed E-state index contributed by atoms with van der Waals surface area (Å²) in [5.41, 5.74) is 3.41. The molecule has 70 valence electrons. The van der Waals surface area contributed by atoms with Gasteiger partial charge in [0.2, 0.25) is 0 Å². The lowest BCUT2D eigenvalue weighted by atomic mass is 10.4. The summed E-state index contributed by atoms with van der Waals surface area (Å²) in [6, 6.07) is 0. The minimum Gasteiger partial charge on any atom is -0.385 e. The molecule has 4 nitrogen and oxygen atoms in total. The topological polar surface area (TPSA) is 64.7 Å². The first kappa shape index (κ1) is 10.7. The number of carbonyl (C=O) groups is 1. The predicted molar refractivity (Wildman–Crippen MR) is 34.3 cm³/mol. The van der Waals surface area contributed by atoms with E-state index in [4.69, 9.17) is 0 Å². The van der Waals surface area contributed by atoms with E-state index in [9.17, 15) is 18.0 Å². The molecular weight excluding hydrogens is 177 g/mol. The van der Waals surface area contributed by atoms with Crippen LogP contribution >= 0.6 is 0 Å². The first-order valence-electron chi connectivity index (χ1n) is 2.86.